The summed E-state index contributed by atoms with van der Waals surface area (Å²) in [5, 5.41) is 6.80. The number of rotatable bonds is 4. The predicted octanol–water partition coefficient (Wildman–Crippen LogP) is 1.84. The number of nitrogens with one attached hydrogen (secondary N) is 2. The van der Waals surface area contributed by atoms with E-state index in [4.69, 9.17) is 0 Å². The predicted molar refractivity (Wildman–Crippen MR) is 81.8 cm³/mol. The fraction of sp³-hybridized carbons (Fsp3) is 0.533. The average molecular weight is 260 g/mol. The number of benzene rings is 1. The van der Waals surface area contributed by atoms with Crippen molar-refractivity contribution >= 4 is 11.6 Å². The van der Waals surface area contributed by atoms with Crippen molar-refractivity contribution in [3.8, 4) is 0 Å². The molecule has 0 radical (unpaired) electrons. The van der Waals surface area contributed by atoms with Crippen LogP contribution in [0.3, 0.4) is 0 Å². The monoisotopic (exact) mass is 260 g/mol. The number of nitrogens with zero attached hydrogens (tertiary/aromatic N) is 2. The van der Waals surface area contributed by atoms with Gasteiger partial charge < -0.3 is 15.5 Å². The van der Waals surface area contributed by atoms with Crippen LogP contribution in [0.15, 0.2) is 35.3 Å². The molecule has 1 fully saturated rings. The fourth-order valence-electron chi connectivity index (χ4n) is 2.42. The molecule has 0 spiro atoms. The zero-order valence-corrected chi connectivity index (χ0v) is 11.9. The number of aliphatic imine (C=N–C) groups is 1. The fourth-order valence-corrected chi connectivity index (χ4v) is 2.42. The molecule has 0 bridgehead atoms. The normalized spacial score (nSPS) is 19.6. The van der Waals surface area contributed by atoms with Crippen molar-refractivity contribution in [2.45, 2.75) is 26.3 Å². The largest absolute Gasteiger partial charge is 0.369 e. The van der Waals surface area contributed by atoms with Gasteiger partial charge in [-0.2, -0.15) is 0 Å². The third-order valence-electron chi connectivity index (χ3n) is 3.31. The Bertz CT molecular complexity index is 402. The first-order chi connectivity index (χ1) is 9.33. The molecule has 0 amide bonds. The molecule has 104 valence electrons. The zero-order chi connectivity index (χ0) is 13.5. The molecule has 1 heterocycles. The first-order valence-electron chi connectivity index (χ1n) is 7.18. The summed E-state index contributed by atoms with van der Waals surface area (Å²) in [4.78, 5) is 6.87. The summed E-state index contributed by atoms with van der Waals surface area (Å²) < 4.78 is 0. The zero-order valence-electron chi connectivity index (χ0n) is 11.9. The van der Waals surface area contributed by atoms with Crippen LogP contribution in [-0.2, 0) is 0 Å². The second-order valence-electron chi connectivity index (χ2n) is 4.76. The molecule has 1 atom stereocenters. The van der Waals surface area contributed by atoms with Crippen molar-refractivity contribution < 1.29 is 0 Å². The summed E-state index contributed by atoms with van der Waals surface area (Å²) in [7, 11) is 0. The van der Waals surface area contributed by atoms with E-state index in [0.717, 1.165) is 38.6 Å². The highest BCUT2D eigenvalue weighted by atomic mass is 15.2. The summed E-state index contributed by atoms with van der Waals surface area (Å²) >= 11 is 0. The Hall–Kier alpha value is -1.71. The molecule has 1 aliphatic heterocycles. The third-order valence-corrected chi connectivity index (χ3v) is 3.31. The van der Waals surface area contributed by atoms with Gasteiger partial charge in [-0.05, 0) is 32.4 Å². The van der Waals surface area contributed by atoms with Crippen LogP contribution in [0.4, 0.5) is 5.69 Å². The van der Waals surface area contributed by atoms with Crippen molar-refractivity contribution in [3.63, 3.8) is 0 Å². The van der Waals surface area contributed by atoms with Gasteiger partial charge in [0.25, 0.3) is 0 Å². The molecule has 2 rings (SSSR count). The van der Waals surface area contributed by atoms with Crippen LogP contribution in [0.1, 0.15) is 20.3 Å². The topological polar surface area (TPSA) is 39.7 Å². The number of para-hydroxylation sites is 1. The smallest absolute Gasteiger partial charge is 0.191 e. The Morgan fingerprint density at radius 3 is 2.79 bits per heavy atom. The van der Waals surface area contributed by atoms with Gasteiger partial charge >= 0.3 is 0 Å². The Morgan fingerprint density at radius 1 is 1.32 bits per heavy atom. The highest BCUT2D eigenvalue weighted by Gasteiger charge is 2.23. The van der Waals surface area contributed by atoms with Gasteiger partial charge in [-0.1, -0.05) is 18.2 Å². The molecular formula is C15H24N4. The number of anilines is 1. The van der Waals surface area contributed by atoms with Crippen molar-refractivity contribution in [2.24, 2.45) is 4.99 Å². The molecule has 4 heteroatoms. The van der Waals surface area contributed by atoms with Gasteiger partial charge in [-0.3, -0.25) is 4.99 Å². The lowest BCUT2D eigenvalue weighted by molar-refractivity contribution is 0.650. The van der Waals surface area contributed by atoms with Crippen molar-refractivity contribution in [3.05, 3.63) is 30.3 Å². The molecule has 1 saturated heterocycles. The van der Waals surface area contributed by atoms with Crippen molar-refractivity contribution in [1.82, 2.24) is 10.6 Å². The molecule has 1 unspecified atom stereocenters. The van der Waals surface area contributed by atoms with Gasteiger partial charge in [0.1, 0.15) is 0 Å². The standard InChI is InChI=1S/C15H24N4/c1-3-16-15(17-4-2)18-13-10-11-19(12-13)14-8-6-5-7-9-14/h5-9,13H,3-4,10-12H2,1-2H3,(H2,16,17,18). The Kier molecular flexibility index (Phi) is 5.07. The Labute approximate surface area is 115 Å². The molecular weight excluding hydrogens is 236 g/mol. The van der Waals surface area contributed by atoms with Crippen LogP contribution < -0.4 is 15.5 Å². The Balaban J connectivity index is 1.90. The number of hydrogen-bond donors (Lipinski definition) is 2. The number of guanidine groups is 1. The maximum Gasteiger partial charge on any atom is 0.191 e. The van der Waals surface area contributed by atoms with E-state index in [1.54, 1.807) is 0 Å². The minimum atomic E-state index is 0.476. The van der Waals surface area contributed by atoms with Gasteiger partial charge in [0.05, 0.1) is 0 Å². The molecule has 0 aliphatic carbocycles. The molecule has 4 nitrogen and oxygen atoms in total. The van der Waals surface area contributed by atoms with E-state index in [1.807, 2.05) is 0 Å². The summed E-state index contributed by atoms with van der Waals surface area (Å²) in [6.45, 7) is 8.01. The lowest BCUT2D eigenvalue weighted by atomic mass is 10.3. The van der Waals surface area contributed by atoms with Gasteiger partial charge in [-0.25, -0.2) is 0 Å². The quantitative estimate of drug-likeness (QED) is 0.641. The van der Waals surface area contributed by atoms with Crippen LogP contribution in [-0.4, -0.2) is 38.2 Å². The van der Waals surface area contributed by atoms with Crippen LogP contribution >= 0.6 is 0 Å². The van der Waals surface area contributed by atoms with Gasteiger partial charge in [-0.15, -0.1) is 0 Å². The minimum Gasteiger partial charge on any atom is -0.369 e. The first kappa shape index (κ1) is 13.7. The maximum atomic E-state index is 4.45. The maximum absolute atomic E-state index is 4.45. The number of hydrogen-bond acceptors (Lipinski definition) is 2. The van der Waals surface area contributed by atoms with Crippen LogP contribution in [0.2, 0.25) is 0 Å². The average Bonchev–Trinajstić information content (AvgIpc) is 2.89. The minimum absolute atomic E-state index is 0.476. The molecule has 2 N–H and O–H groups in total. The van der Waals surface area contributed by atoms with Gasteiger partial charge in [0, 0.05) is 37.9 Å². The second-order valence-corrected chi connectivity index (χ2v) is 4.76. The summed E-state index contributed by atoms with van der Waals surface area (Å²) in [5.41, 5.74) is 1.31. The summed E-state index contributed by atoms with van der Waals surface area (Å²) in [5.74, 6) is 0.935. The van der Waals surface area contributed by atoms with E-state index in [0.29, 0.717) is 6.04 Å². The summed E-state index contributed by atoms with van der Waals surface area (Å²) in [6, 6.07) is 11.1. The van der Waals surface area contributed by atoms with E-state index in [-0.39, 0.29) is 0 Å². The van der Waals surface area contributed by atoms with E-state index in [9.17, 15) is 0 Å². The lowest BCUT2D eigenvalue weighted by Gasteiger charge is -2.20. The molecule has 1 aromatic rings. The van der Waals surface area contributed by atoms with Crippen LogP contribution in [0.5, 0.6) is 0 Å². The van der Waals surface area contributed by atoms with E-state index >= 15 is 0 Å². The van der Waals surface area contributed by atoms with E-state index in [1.165, 1.54) is 5.69 Å². The molecule has 1 aromatic carbocycles. The highest BCUT2D eigenvalue weighted by Crippen LogP contribution is 2.19. The van der Waals surface area contributed by atoms with Gasteiger partial charge in [0.2, 0.25) is 0 Å². The summed E-state index contributed by atoms with van der Waals surface area (Å²) in [6.07, 6.45) is 1.16. The lowest BCUT2D eigenvalue weighted by Crippen LogP contribution is -2.44. The SMILES string of the molecule is CCN=C(NCC)NC1CCN(c2ccccc2)C1. The first-order valence-corrected chi connectivity index (χ1v) is 7.18. The molecule has 0 aromatic heterocycles. The van der Waals surface area contributed by atoms with E-state index in [2.05, 4.69) is 64.7 Å². The Morgan fingerprint density at radius 2 is 2.11 bits per heavy atom. The van der Waals surface area contributed by atoms with Crippen LogP contribution in [0, 0.1) is 0 Å². The van der Waals surface area contributed by atoms with Crippen LogP contribution in [0.25, 0.3) is 0 Å². The highest BCUT2D eigenvalue weighted by molar-refractivity contribution is 5.80. The molecule has 0 saturated carbocycles. The molecule has 1 aliphatic rings. The second kappa shape index (κ2) is 7.02. The van der Waals surface area contributed by atoms with Crippen molar-refractivity contribution in [1.29, 1.82) is 0 Å². The molecule has 19 heavy (non-hydrogen) atoms. The third kappa shape index (κ3) is 3.88. The van der Waals surface area contributed by atoms with Gasteiger partial charge in [0.15, 0.2) is 5.96 Å². The van der Waals surface area contributed by atoms with Crippen molar-refractivity contribution in [2.75, 3.05) is 31.1 Å². The van der Waals surface area contributed by atoms with E-state index < -0.39 is 0 Å².